The standard InChI is InChI=1S/C55H31F24IO5/c1-25(2)27-6-10-38(11-7-27)80(37-8-4-26(3)5-9-37)85-47(81)42-24-43(82-39-18-31(50(62,63)64)15-32(19-39)51(65,66)67)45(83-40-20-33(52(68,69)70)16-34(21-40)53(71,72)73)46(84-41-22-35(54(74,75)76)17-36(23-41)55(77,78)79)44(42)28-12-29(48(56,57)58)14-30(13-28)49(59,60)61/h4-25H,1-3H3. The van der Waals surface area contributed by atoms with E-state index in [0.717, 1.165) is 0 Å². The maximum absolute atomic E-state index is 15.3. The molecule has 0 amide bonds. The van der Waals surface area contributed by atoms with Crippen molar-refractivity contribution >= 4 is 26.2 Å². The van der Waals surface area contributed by atoms with E-state index in [9.17, 15) is 105 Å². The van der Waals surface area contributed by atoms with Gasteiger partial charge in [-0.05, 0) is 0 Å². The molecule has 7 rings (SSSR count). The van der Waals surface area contributed by atoms with E-state index in [0.29, 0.717) is 11.1 Å². The summed E-state index contributed by atoms with van der Waals surface area (Å²) in [6, 6.07) is 6.43. The van der Waals surface area contributed by atoms with Gasteiger partial charge in [-0.2, -0.15) is 0 Å². The van der Waals surface area contributed by atoms with Gasteiger partial charge in [-0.25, -0.2) is 0 Å². The van der Waals surface area contributed by atoms with Crippen molar-refractivity contribution < 1.29 is 127 Å². The number of halogens is 25. The van der Waals surface area contributed by atoms with Gasteiger partial charge in [0.1, 0.15) is 0 Å². The Morgan fingerprint density at radius 3 is 0.988 bits per heavy atom. The van der Waals surface area contributed by atoms with Crippen LogP contribution in [0.4, 0.5) is 105 Å². The van der Waals surface area contributed by atoms with Gasteiger partial charge in [0.15, 0.2) is 0 Å². The Kier molecular flexibility index (Phi) is 17.6. The summed E-state index contributed by atoms with van der Waals surface area (Å²) in [5.74, 6) is -13.9. The Bertz CT molecular complexity index is 3480. The minimum absolute atomic E-state index is 0.0439. The Labute approximate surface area is 469 Å². The molecule has 0 atom stereocenters. The van der Waals surface area contributed by atoms with E-state index in [1.807, 2.05) is 0 Å². The number of carbonyl (C=O) groups excluding carboxylic acids is 1. The third-order valence-corrected chi connectivity index (χ3v) is 16.3. The molecule has 0 heterocycles. The molecule has 0 N–H and O–H groups in total. The quantitative estimate of drug-likeness (QED) is 0.0901. The molecule has 7 aromatic carbocycles. The van der Waals surface area contributed by atoms with E-state index in [4.69, 9.17) is 17.3 Å². The minimum atomic E-state index is -5.93. The molecule has 0 aliphatic heterocycles. The average molecular weight is 1350 g/mol. The SMILES string of the molecule is Cc1ccc(I(OC(=O)c2cc(Oc3cc(C(F)(F)F)cc(C(F)(F)F)c3)c(Oc3cc(C(F)(F)F)cc(C(F)(F)F)c3)c(Oc3cc(C(F)(F)F)cc(C(F)(F)F)c3)c2-c2cc(C(F)(F)F)cc(C(F)(F)F)c2)c2ccc(C(C)C)cc2)cc1. The molecule has 0 radical (unpaired) electrons. The number of hydrogen-bond acceptors (Lipinski definition) is 5. The van der Waals surface area contributed by atoms with Crippen LogP contribution in [0.25, 0.3) is 11.1 Å². The van der Waals surface area contributed by atoms with E-state index < -0.39 is 196 Å². The van der Waals surface area contributed by atoms with Gasteiger partial charge in [0.05, 0.1) is 0 Å². The van der Waals surface area contributed by atoms with E-state index in [1.54, 1.807) is 20.8 Å². The average Bonchev–Trinajstić information content (AvgIpc) is 1.02. The Balaban J connectivity index is 1.74. The topological polar surface area (TPSA) is 54.0 Å². The first kappa shape index (κ1) is 65.0. The van der Waals surface area contributed by atoms with Crippen molar-refractivity contribution in [2.75, 3.05) is 0 Å². The van der Waals surface area contributed by atoms with Crippen LogP contribution in [0.5, 0.6) is 34.5 Å². The molecule has 0 saturated carbocycles. The molecule has 0 saturated heterocycles. The summed E-state index contributed by atoms with van der Waals surface area (Å²) in [6.07, 6.45) is -47.0. The van der Waals surface area contributed by atoms with Crippen LogP contribution >= 0.6 is 20.2 Å². The summed E-state index contributed by atoms with van der Waals surface area (Å²) in [6.45, 7) is 5.06. The van der Waals surface area contributed by atoms with Gasteiger partial charge < -0.3 is 0 Å². The predicted octanol–water partition coefficient (Wildman–Crippen LogP) is 21.6. The molecule has 0 fully saturated rings. The second-order valence-corrected chi connectivity index (χ2v) is 22.7. The van der Waals surface area contributed by atoms with Crippen molar-refractivity contribution in [2.45, 2.75) is 76.1 Å². The molecule has 7 aromatic rings. The zero-order chi connectivity index (χ0) is 63.5. The van der Waals surface area contributed by atoms with Gasteiger partial charge in [-0.15, -0.1) is 0 Å². The van der Waals surface area contributed by atoms with Crippen LogP contribution in [0.1, 0.15) is 85.8 Å². The zero-order valence-corrected chi connectivity index (χ0v) is 44.3. The van der Waals surface area contributed by atoms with Crippen LogP contribution in [0, 0.1) is 14.1 Å². The summed E-state index contributed by atoms with van der Waals surface area (Å²) in [4.78, 5) is 15.3. The monoisotopic (exact) mass is 1350 g/mol. The molecule has 0 aliphatic rings. The van der Waals surface area contributed by atoms with Gasteiger partial charge in [0.2, 0.25) is 0 Å². The fourth-order valence-corrected chi connectivity index (χ4v) is 11.6. The van der Waals surface area contributed by atoms with E-state index in [-0.39, 0.29) is 67.7 Å². The van der Waals surface area contributed by atoms with Crippen molar-refractivity contribution in [1.29, 1.82) is 0 Å². The third kappa shape index (κ3) is 15.7. The van der Waals surface area contributed by atoms with Crippen LogP contribution < -0.4 is 14.2 Å². The second kappa shape index (κ2) is 23.0. The first-order chi connectivity index (χ1) is 38.8. The molecule has 0 aliphatic carbocycles. The number of hydrogen-bond donors (Lipinski definition) is 0. The van der Waals surface area contributed by atoms with Crippen LogP contribution in [0.15, 0.2) is 127 Å². The molecule has 5 nitrogen and oxygen atoms in total. The number of alkyl halides is 24. The first-order valence-corrected chi connectivity index (χ1v) is 26.3. The van der Waals surface area contributed by atoms with Crippen molar-refractivity contribution in [1.82, 2.24) is 0 Å². The number of benzene rings is 7. The fourth-order valence-electron chi connectivity index (χ4n) is 7.69. The van der Waals surface area contributed by atoms with Gasteiger partial charge in [-0.1, -0.05) is 0 Å². The summed E-state index contributed by atoms with van der Waals surface area (Å²) < 4.78 is 371. The molecule has 0 aromatic heterocycles. The second-order valence-electron chi connectivity index (χ2n) is 18.4. The predicted molar refractivity (Wildman–Crippen MR) is 260 cm³/mol. The van der Waals surface area contributed by atoms with Gasteiger partial charge >= 0.3 is 471 Å². The van der Waals surface area contributed by atoms with Crippen LogP contribution in [0.2, 0.25) is 0 Å². The van der Waals surface area contributed by atoms with E-state index >= 15 is 4.79 Å². The van der Waals surface area contributed by atoms with Crippen molar-refractivity contribution in [3.8, 4) is 45.6 Å². The molecular formula is C55H31F24IO5. The molecule has 0 spiro atoms. The van der Waals surface area contributed by atoms with Gasteiger partial charge in [0, 0.05) is 0 Å². The normalized spacial score (nSPS) is 13.2. The van der Waals surface area contributed by atoms with E-state index in [1.165, 1.54) is 48.5 Å². The summed E-state index contributed by atoms with van der Waals surface area (Å²) in [7, 11) is 0. The molecule has 85 heavy (non-hydrogen) atoms. The van der Waals surface area contributed by atoms with Gasteiger partial charge in [0.25, 0.3) is 0 Å². The number of ether oxygens (including phenoxy) is 3. The maximum atomic E-state index is 15.3. The number of carbonyl (C=O) groups is 1. The van der Waals surface area contributed by atoms with Crippen molar-refractivity contribution in [3.63, 3.8) is 0 Å². The molecule has 456 valence electrons. The van der Waals surface area contributed by atoms with Crippen LogP contribution in [-0.2, 0) is 52.5 Å². The molecule has 0 bridgehead atoms. The number of aryl methyl sites for hydroxylation is 1. The number of rotatable bonds is 12. The fraction of sp³-hybridized carbons (Fsp3) is 0.218. The van der Waals surface area contributed by atoms with Crippen LogP contribution in [0.3, 0.4) is 0 Å². The molecule has 30 heteroatoms. The summed E-state index contributed by atoms with van der Waals surface area (Å²) in [5, 5.41) is 0. The van der Waals surface area contributed by atoms with Crippen molar-refractivity contribution in [2.24, 2.45) is 0 Å². The first-order valence-electron chi connectivity index (χ1n) is 23.3. The summed E-state index contributed by atoms with van der Waals surface area (Å²) >= 11 is -4.12. The third-order valence-electron chi connectivity index (χ3n) is 11.7. The van der Waals surface area contributed by atoms with Crippen LogP contribution in [-0.4, -0.2) is 5.97 Å². The van der Waals surface area contributed by atoms with Gasteiger partial charge in [-0.3, -0.25) is 0 Å². The summed E-state index contributed by atoms with van der Waals surface area (Å²) in [5.41, 5.74) is -22.7. The van der Waals surface area contributed by atoms with Crippen molar-refractivity contribution in [3.05, 3.63) is 196 Å². The Morgan fingerprint density at radius 2 is 0.671 bits per heavy atom. The Morgan fingerprint density at radius 1 is 0.376 bits per heavy atom. The van der Waals surface area contributed by atoms with E-state index in [2.05, 4.69) is 0 Å². The Hall–Kier alpha value is -7.54. The molecule has 0 unspecified atom stereocenters. The zero-order valence-electron chi connectivity index (χ0n) is 42.2. The molecular weight excluding hydrogens is 1320 g/mol.